The number of fused-ring (bicyclic) bond motifs is 1. The Morgan fingerprint density at radius 2 is 2.00 bits per heavy atom. The third kappa shape index (κ3) is 2.43. The molecule has 0 aliphatic carbocycles. The summed E-state index contributed by atoms with van der Waals surface area (Å²) >= 11 is 0. The maximum Gasteiger partial charge on any atom is 0.308 e. The Bertz CT molecular complexity index is 757. The molecule has 0 bridgehead atoms. The highest BCUT2D eigenvalue weighted by atomic mass is 16.4. The molecule has 1 N–H and O–H groups in total. The van der Waals surface area contributed by atoms with Crippen molar-refractivity contribution < 1.29 is 14.7 Å². The van der Waals surface area contributed by atoms with E-state index in [1.54, 1.807) is 4.90 Å². The topological polar surface area (TPSA) is 70.5 Å². The lowest BCUT2D eigenvalue weighted by atomic mass is 9.99. The number of likely N-dealkylation sites (tertiary alicyclic amines) is 1. The summed E-state index contributed by atoms with van der Waals surface area (Å²) in [6.07, 6.45) is 0. The molecule has 2 heterocycles. The number of aliphatic carboxylic acids is 1. The van der Waals surface area contributed by atoms with Gasteiger partial charge in [-0.05, 0) is 30.5 Å². The van der Waals surface area contributed by atoms with Crippen molar-refractivity contribution in [3.63, 3.8) is 0 Å². The number of rotatable bonds is 2. The number of nitrogens with zero attached hydrogens (tertiary/aromatic N) is 2. The highest BCUT2D eigenvalue weighted by Gasteiger charge is 2.37. The monoisotopic (exact) mass is 298 g/mol. The molecule has 0 unspecified atom stereocenters. The highest BCUT2D eigenvalue weighted by molar-refractivity contribution is 5.97. The predicted molar refractivity (Wildman–Crippen MR) is 82.7 cm³/mol. The van der Waals surface area contributed by atoms with Crippen molar-refractivity contribution in [2.45, 2.75) is 13.8 Å². The Hall–Kier alpha value is -2.43. The molecule has 22 heavy (non-hydrogen) atoms. The number of carboxylic acids is 1. The van der Waals surface area contributed by atoms with E-state index in [9.17, 15) is 14.7 Å². The molecule has 2 aromatic rings. The van der Waals surface area contributed by atoms with E-state index < -0.39 is 11.9 Å². The Balaban J connectivity index is 1.93. The minimum Gasteiger partial charge on any atom is -0.481 e. The van der Waals surface area contributed by atoms with Gasteiger partial charge >= 0.3 is 5.97 Å². The van der Waals surface area contributed by atoms with E-state index in [0.717, 1.165) is 16.5 Å². The van der Waals surface area contributed by atoms with Gasteiger partial charge in [0.2, 0.25) is 0 Å². The Morgan fingerprint density at radius 1 is 1.27 bits per heavy atom. The molecular formula is C17H18N2O3. The first-order valence-electron chi connectivity index (χ1n) is 7.36. The van der Waals surface area contributed by atoms with Gasteiger partial charge < -0.3 is 10.0 Å². The summed E-state index contributed by atoms with van der Waals surface area (Å²) in [5.41, 5.74) is 2.01. The number of hydrogen-bond donors (Lipinski definition) is 1. The van der Waals surface area contributed by atoms with Gasteiger partial charge in [-0.25, -0.2) is 4.98 Å². The van der Waals surface area contributed by atoms with Gasteiger partial charge in [-0.2, -0.15) is 0 Å². The molecule has 5 heteroatoms. The predicted octanol–water partition coefficient (Wildman–Crippen LogP) is 2.34. The molecule has 1 saturated heterocycles. The van der Waals surface area contributed by atoms with Crippen LogP contribution in [0.15, 0.2) is 30.3 Å². The van der Waals surface area contributed by atoms with Crippen LogP contribution in [-0.2, 0) is 4.79 Å². The summed E-state index contributed by atoms with van der Waals surface area (Å²) in [6, 6.07) is 9.60. The summed E-state index contributed by atoms with van der Waals surface area (Å²) in [6.45, 7) is 4.45. The lowest BCUT2D eigenvalue weighted by Gasteiger charge is -2.17. The molecule has 1 aromatic heterocycles. The van der Waals surface area contributed by atoms with Crippen LogP contribution in [-0.4, -0.2) is 40.0 Å². The fourth-order valence-corrected chi connectivity index (χ4v) is 3.04. The molecule has 5 nitrogen and oxygen atoms in total. The van der Waals surface area contributed by atoms with Crippen LogP contribution in [0.1, 0.15) is 23.0 Å². The molecule has 114 valence electrons. The van der Waals surface area contributed by atoms with Gasteiger partial charge in [0.1, 0.15) is 5.69 Å². The van der Waals surface area contributed by atoms with E-state index in [4.69, 9.17) is 0 Å². The van der Waals surface area contributed by atoms with E-state index in [0.29, 0.717) is 12.2 Å². The Kier molecular flexibility index (Phi) is 3.56. The number of para-hydroxylation sites is 1. The second-order valence-corrected chi connectivity index (χ2v) is 5.98. The molecule has 0 radical (unpaired) electrons. The number of amides is 1. The zero-order valence-electron chi connectivity index (χ0n) is 12.6. The fourth-order valence-electron chi connectivity index (χ4n) is 3.04. The van der Waals surface area contributed by atoms with Crippen molar-refractivity contribution in [3.05, 3.63) is 41.6 Å². The van der Waals surface area contributed by atoms with Gasteiger partial charge in [0.05, 0.1) is 11.4 Å². The molecule has 0 saturated carbocycles. The van der Waals surface area contributed by atoms with E-state index in [-0.39, 0.29) is 18.4 Å². The first kappa shape index (κ1) is 14.5. The molecule has 1 aliphatic heterocycles. The average molecular weight is 298 g/mol. The Labute approximate surface area is 128 Å². The SMILES string of the molecule is Cc1cc2ccccc2nc1C(=O)N1C[C@@H](C)[C@H](C(=O)O)C1. The molecule has 2 atom stereocenters. The summed E-state index contributed by atoms with van der Waals surface area (Å²) in [5.74, 6) is -1.56. The number of carbonyl (C=O) groups is 2. The molecule has 1 amide bonds. The van der Waals surface area contributed by atoms with E-state index in [2.05, 4.69) is 4.98 Å². The second kappa shape index (κ2) is 5.40. The molecular weight excluding hydrogens is 280 g/mol. The van der Waals surface area contributed by atoms with Crippen molar-refractivity contribution >= 4 is 22.8 Å². The quantitative estimate of drug-likeness (QED) is 0.923. The van der Waals surface area contributed by atoms with Crippen molar-refractivity contribution in [2.75, 3.05) is 13.1 Å². The van der Waals surface area contributed by atoms with Crippen LogP contribution < -0.4 is 0 Å². The maximum absolute atomic E-state index is 12.7. The average Bonchev–Trinajstić information content (AvgIpc) is 2.88. The standard InChI is InChI=1S/C17H18N2O3/c1-10-7-12-5-3-4-6-14(12)18-15(10)16(20)19-8-11(2)13(9-19)17(21)22/h3-7,11,13H,8-9H2,1-2H3,(H,21,22)/t11-,13-/m1/s1. The first-order chi connectivity index (χ1) is 10.5. The van der Waals surface area contributed by atoms with Crippen molar-refractivity contribution in [1.82, 2.24) is 9.88 Å². The zero-order chi connectivity index (χ0) is 15.9. The smallest absolute Gasteiger partial charge is 0.308 e. The number of hydrogen-bond acceptors (Lipinski definition) is 3. The van der Waals surface area contributed by atoms with Gasteiger partial charge in [-0.1, -0.05) is 25.1 Å². The molecule has 1 fully saturated rings. The van der Waals surface area contributed by atoms with Crippen LogP contribution in [0.25, 0.3) is 10.9 Å². The highest BCUT2D eigenvalue weighted by Crippen LogP contribution is 2.26. The van der Waals surface area contributed by atoms with E-state index >= 15 is 0 Å². The third-order valence-corrected chi connectivity index (χ3v) is 4.33. The van der Waals surface area contributed by atoms with Crippen molar-refractivity contribution in [2.24, 2.45) is 11.8 Å². The molecule has 0 spiro atoms. The lowest BCUT2D eigenvalue weighted by molar-refractivity contribution is -0.142. The zero-order valence-corrected chi connectivity index (χ0v) is 12.6. The summed E-state index contributed by atoms with van der Waals surface area (Å²) in [5, 5.41) is 10.2. The number of carboxylic acid groups (broad SMARTS) is 1. The maximum atomic E-state index is 12.7. The number of carbonyl (C=O) groups excluding carboxylic acids is 1. The summed E-state index contributed by atoms with van der Waals surface area (Å²) in [4.78, 5) is 30.0. The first-order valence-corrected chi connectivity index (χ1v) is 7.36. The van der Waals surface area contributed by atoms with Gasteiger partial charge in [-0.3, -0.25) is 9.59 Å². The van der Waals surface area contributed by atoms with Crippen LogP contribution >= 0.6 is 0 Å². The normalized spacial score (nSPS) is 21.3. The van der Waals surface area contributed by atoms with Crippen LogP contribution in [0.4, 0.5) is 0 Å². The number of pyridine rings is 1. The second-order valence-electron chi connectivity index (χ2n) is 5.98. The number of aromatic nitrogens is 1. The third-order valence-electron chi connectivity index (χ3n) is 4.33. The van der Waals surface area contributed by atoms with Crippen LogP contribution in [0.3, 0.4) is 0 Å². The van der Waals surface area contributed by atoms with Crippen LogP contribution in [0.5, 0.6) is 0 Å². The van der Waals surface area contributed by atoms with E-state index in [1.165, 1.54) is 0 Å². The number of aryl methyl sites for hydroxylation is 1. The summed E-state index contributed by atoms with van der Waals surface area (Å²) < 4.78 is 0. The largest absolute Gasteiger partial charge is 0.481 e. The van der Waals surface area contributed by atoms with Crippen LogP contribution in [0, 0.1) is 18.8 Å². The molecule has 3 rings (SSSR count). The van der Waals surface area contributed by atoms with Gasteiger partial charge in [0, 0.05) is 18.5 Å². The van der Waals surface area contributed by atoms with Crippen molar-refractivity contribution in [3.8, 4) is 0 Å². The van der Waals surface area contributed by atoms with Gasteiger partial charge in [-0.15, -0.1) is 0 Å². The molecule has 1 aromatic carbocycles. The van der Waals surface area contributed by atoms with Gasteiger partial charge in [0.15, 0.2) is 0 Å². The minimum atomic E-state index is -0.842. The summed E-state index contributed by atoms with van der Waals surface area (Å²) in [7, 11) is 0. The van der Waals surface area contributed by atoms with E-state index in [1.807, 2.05) is 44.2 Å². The Morgan fingerprint density at radius 3 is 2.68 bits per heavy atom. The molecule has 1 aliphatic rings. The van der Waals surface area contributed by atoms with Gasteiger partial charge in [0.25, 0.3) is 5.91 Å². The lowest BCUT2D eigenvalue weighted by Crippen LogP contribution is -2.31. The van der Waals surface area contributed by atoms with Crippen molar-refractivity contribution in [1.29, 1.82) is 0 Å². The van der Waals surface area contributed by atoms with Crippen LogP contribution in [0.2, 0.25) is 0 Å². The minimum absolute atomic E-state index is 0.0396. The fraction of sp³-hybridized carbons (Fsp3) is 0.353. The number of benzene rings is 1.